The highest BCUT2D eigenvalue weighted by atomic mass is 16.3. The van der Waals surface area contributed by atoms with Gasteiger partial charge in [0.25, 0.3) is 0 Å². The van der Waals surface area contributed by atoms with Gasteiger partial charge < -0.3 is 4.42 Å². The van der Waals surface area contributed by atoms with Gasteiger partial charge in [0.1, 0.15) is 5.76 Å². The minimum atomic E-state index is 0. The van der Waals surface area contributed by atoms with E-state index in [1.165, 1.54) is 0 Å². The van der Waals surface area contributed by atoms with Crippen molar-refractivity contribution in [2.24, 2.45) is 0 Å². The van der Waals surface area contributed by atoms with Crippen LogP contribution in [-0.2, 0) is 0 Å². The molecule has 0 atom stereocenters. The minimum Gasteiger partial charge on any atom is -0.469 e. The Bertz CT molecular complexity index is 108. The lowest BCUT2D eigenvalue weighted by atomic mass is 10.5. The molecule has 1 aromatic heterocycles. The Kier molecular flexibility index (Phi) is 2.20. The molecular formula is C6H8O. The molecule has 0 aliphatic rings. The van der Waals surface area contributed by atoms with E-state index in [1.54, 1.807) is 12.3 Å². The van der Waals surface area contributed by atoms with Crippen LogP contribution < -0.4 is 0 Å². The van der Waals surface area contributed by atoms with Crippen LogP contribution in [0.2, 0.25) is 0 Å². The van der Waals surface area contributed by atoms with Gasteiger partial charge in [0.15, 0.2) is 0 Å². The molecule has 0 unspecified atom stereocenters. The van der Waals surface area contributed by atoms with Gasteiger partial charge in [0.2, 0.25) is 0 Å². The van der Waals surface area contributed by atoms with Crippen LogP contribution in [0.1, 0.15) is 5.76 Å². The quantitative estimate of drug-likeness (QED) is 0.481. The first-order chi connectivity index (χ1) is 2.89. The van der Waals surface area contributed by atoms with Gasteiger partial charge in [-0.3, -0.25) is 0 Å². The highest BCUT2D eigenvalue weighted by Gasteiger charge is 1.76. The van der Waals surface area contributed by atoms with Crippen molar-refractivity contribution in [2.75, 3.05) is 0 Å². The predicted molar refractivity (Wildman–Crippen MR) is 29.6 cm³/mol. The lowest BCUT2D eigenvalue weighted by Gasteiger charge is -1.68. The van der Waals surface area contributed by atoms with Gasteiger partial charge in [-0.2, -0.15) is 0 Å². The van der Waals surface area contributed by atoms with E-state index in [1.807, 2.05) is 6.07 Å². The summed E-state index contributed by atoms with van der Waals surface area (Å²) in [7, 11) is 0. The molecule has 1 heterocycles. The van der Waals surface area contributed by atoms with Crippen molar-refractivity contribution >= 4 is 0 Å². The third-order valence-corrected chi connectivity index (χ3v) is 0.580. The Morgan fingerprint density at radius 3 is 2.43 bits per heavy atom. The van der Waals surface area contributed by atoms with Gasteiger partial charge in [-0.25, -0.2) is 0 Å². The Labute approximate surface area is 44.0 Å². The van der Waals surface area contributed by atoms with Crippen LogP contribution in [0.5, 0.6) is 0 Å². The van der Waals surface area contributed by atoms with Crippen LogP contribution in [0.4, 0.5) is 0 Å². The van der Waals surface area contributed by atoms with Crippen molar-refractivity contribution in [2.45, 2.75) is 0 Å². The van der Waals surface area contributed by atoms with Crippen molar-refractivity contribution < 1.29 is 4.42 Å². The van der Waals surface area contributed by atoms with E-state index in [9.17, 15) is 0 Å². The maximum Gasteiger partial charge on any atom is 0.104 e. The van der Waals surface area contributed by atoms with Crippen molar-refractivity contribution in [1.82, 2.24) is 0 Å². The Hall–Kier alpha value is -0.720. The van der Waals surface area contributed by atoms with Crippen molar-refractivity contribution in [1.29, 1.82) is 0 Å². The molecule has 1 aromatic rings. The second-order valence-electron chi connectivity index (χ2n) is 1.08. The van der Waals surface area contributed by atoms with Crippen LogP contribution in [0.25, 0.3) is 0 Å². The van der Waals surface area contributed by atoms with E-state index in [0.717, 1.165) is 5.76 Å². The molecule has 1 rings (SSSR count). The lowest BCUT2D eigenvalue weighted by Crippen LogP contribution is -1.48. The molecule has 0 bridgehead atoms. The van der Waals surface area contributed by atoms with E-state index < -0.39 is 0 Å². The maximum absolute atomic E-state index is 4.72. The van der Waals surface area contributed by atoms with E-state index in [-0.39, 0.29) is 7.43 Å². The fourth-order valence-corrected chi connectivity index (χ4v) is 0.313. The van der Waals surface area contributed by atoms with Crippen molar-refractivity contribution in [3.8, 4) is 0 Å². The van der Waals surface area contributed by atoms with Crippen LogP contribution in [-0.4, -0.2) is 0 Å². The SMILES string of the molecule is [CH2]c1ccco1.[CH3]. The molecule has 0 aliphatic carbocycles. The zero-order valence-electron chi connectivity index (χ0n) is 4.35. The van der Waals surface area contributed by atoms with E-state index in [0.29, 0.717) is 0 Å². The molecule has 2 radical (unpaired) electrons. The third-order valence-electron chi connectivity index (χ3n) is 0.580. The minimum absolute atomic E-state index is 0. The molecule has 1 heteroatoms. The summed E-state index contributed by atoms with van der Waals surface area (Å²) in [5.41, 5.74) is 0. The Morgan fingerprint density at radius 1 is 1.57 bits per heavy atom. The molecule has 0 aromatic carbocycles. The molecule has 0 N–H and O–H groups in total. The molecule has 0 spiro atoms. The standard InChI is InChI=1S/C5H5O.CH3/c1-5-3-2-4-6-5;/h2-4H,1H2;1H3. The zero-order chi connectivity index (χ0) is 4.41. The summed E-state index contributed by atoms with van der Waals surface area (Å²) in [6, 6.07) is 3.61. The van der Waals surface area contributed by atoms with Crippen LogP contribution in [0, 0.1) is 14.4 Å². The van der Waals surface area contributed by atoms with Crippen molar-refractivity contribution in [3.63, 3.8) is 0 Å². The Balaban J connectivity index is 0.000000360. The number of rotatable bonds is 0. The van der Waals surface area contributed by atoms with Gasteiger partial charge in [-0.05, 0) is 12.1 Å². The first kappa shape index (κ1) is 6.28. The van der Waals surface area contributed by atoms with Gasteiger partial charge in [-0.1, -0.05) is 7.43 Å². The molecule has 0 saturated carbocycles. The molecule has 7 heavy (non-hydrogen) atoms. The Morgan fingerprint density at radius 2 is 2.29 bits per heavy atom. The fraction of sp³-hybridized carbons (Fsp3) is 0. The molecule has 1 nitrogen and oxygen atoms in total. The average molecular weight is 96.1 g/mol. The molecule has 0 saturated heterocycles. The van der Waals surface area contributed by atoms with Crippen molar-refractivity contribution in [3.05, 3.63) is 38.5 Å². The summed E-state index contributed by atoms with van der Waals surface area (Å²) < 4.78 is 4.72. The predicted octanol–water partition coefficient (Wildman–Crippen LogP) is 1.91. The summed E-state index contributed by atoms with van der Waals surface area (Å²) in [6.45, 7) is 3.51. The smallest absolute Gasteiger partial charge is 0.104 e. The normalized spacial score (nSPS) is 7.57. The summed E-state index contributed by atoms with van der Waals surface area (Å²) in [4.78, 5) is 0. The first-order valence-electron chi connectivity index (χ1n) is 1.75. The van der Waals surface area contributed by atoms with Crippen LogP contribution >= 0.6 is 0 Å². The molecule has 0 fully saturated rings. The van der Waals surface area contributed by atoms with E-state index >= 15 is 0 Å². The highest BCUT2D eigenvalue weighted by Crippen LogP contribution is 1.93. The van der Waals surface area contributed by atoms with Gasteiger partial charge >= 0.3 is 0 Å². The lowest BCUT2D eigenvalue weighted by molar-refractivity contribution is 0.549. The summed E-state index contributed by atoms with van der Waals surface area (Å²) in [6.07, 6.45) is 1.60. The first-order valence-corrected chi connectivity index (χ1v) is 1.75. The average Bonchev–Trinajstić information content (AvgIpc) is 1.86. The van der Waals surface area contributed by atoms with E-state index in [2.05, 4.69) is 6.92 Å². The number of furan rings is 1. The second-order valence-corrected chi connectivity index (χ2v) is 1.08. The zero-order valence-corrected chi connectivity index (χ0v) is 4.35. The maximum atomic E-state index is 4.72. The summed E-state index contributed by atoms with van der Waals surface area (Å²) >= 11 is 0. The fourth-order valence-electron chi connectivity index (χ4n) is 0.313. The second kappa shape index (κ2) is 2.45. The van der Waals surface area contributed by atoms with Crippen LogP contribution in [0.15, 0.2) is 22.8 Å². The number of hydrogen-bond acceptors (Lipinski definition) is 1. The monoisotopic (exact) mass is 96.1 g/mol. The molecular weight excluding hydrogens is 88.1 g/mol. The van der Waals surface area contributed by atoms with E-state index in [4.69, 9.17) is 4.42 Å². The molecule has 0 aliphatic heterocycles. The number of hydrogen-bond donors (Lipinski definition) is 0. The molecule has 0 amide bonds. The summed E-state index contributed by atoms with van der Waals surface area (Å²) in [5.74, 6) is 0.718. The topological polar surface area (TPSA) is 13.1 Å². The molecule has 38 valence electrons. The van der Waals surface area contributed by atoms with Crippen LogP contribution in [0.3, 0.4) is 0 Å². The van der Waals surface area contributed by atoms with Gasteiger partial charge in [-0.15, -0.1) is 0 Å². The van der Waals surface area contributed by atoms with Gasteiger partial charge in [0.05, 0.1) is 6.26 Å². The van der Waals surface area contributed by atoms with Gasteiger partial charge in [0, 0.05) is 6.92 Å². The third kappa shape index (κ3) is 1.44. The largest absolute Gasteiger partial charge is 0.469 e. The summed E-state index contributed by atoms with van der Waals surface area (Å²) in [5, 5.41) is 0. The highest BCUT2D eigenvalue weighted by molar-refractivity contribution is 5.00.